The minimum absolute atomic E-state index is 0.887. The number of fused-ring (bicyclic) bond motifs is 4. The first-order valence-electron chi connectivity index (χ1n) is 12.2. The minimum atomic E-state index is -1.23. The van der Waals surface area contributed by atoms with E-state index in [0.717, 1.165) is 5.75 Å². The molecule has 0 heterocycles. The summed E-state index contributed by atoms with van der Waals surface area (Å²) < 4.78 is 7.08. The maximum Gasteiger partial charge on any atom is 0.153 e. The first-order chi connectivity index (χ1) is 17.9. The Bertz CT molecular complexity index is 1650. The fraction of sp³-hybridized carbons (Fsp3) is 0. The Balaban J connectivity index is 1.65. The van der Waals surface area contributed by atoms with Crippen LogP contribution in [0, 0.1) is 0 Å². The average molecular weight is 479 g/mol. The zero-order valence-electron chi connectivity index (χ0n) is 19.6. The van der Waals surface area contributed by atoms with Crippen molar-refractivity contribution in [2.24, 2.45) is 0 Å². The molecule has 0 fully saturated rings. The van der Waals surface area contributed by atoms with E-state index in [0.29, 0.717) is 0 Å². The van der Waals surface area contributed by atoms with Crippen LogP contribution in [-0.4, -0.2) is 0 Å². The molecular weight excluding hydrogens is 455 g/mol. The molecule has 0 unspecified atom stereocenters. The van der Waals surface area contributed by atoms with Crippen LogP contribution in [0.15, 0.2) is 140 Å². The SMILES string of the molecule is c1ccc(OP(c2c3ccccc3cc3ccccc23)c2c3ccccc3cc3ccccc23)cc1. The molecule has 0 aliphatic heterocycles. The summed E-state index contributed by atoms with van der Waals surface area (Å²) in [6.45, 7) is 0. The third-order valence-electron chi connectivity index (χ3n) is 6.83. The summed E-state index contributed by atoms with van der Waals surface area (Å²) in [6, 6.07) is 49.7. The Hall–Kier alpha value is -4.19. The third-order valence-corrected chi connectivity index (χ3v) is 9.00. The molecule has 1 nitrogen and oxygen atoms in total. The fourth-order valence-corrected chi connectivity index (χ4v) is 7.64. The Morgan fingerprint density at radius 3 is 1.08 bits per heavy atom. The van der Waals surface area contributed by atoms with Crippen molar-refractivity contribution in [1.29, 1.82) is 0 Å². The Morgan fingerprint density at radius 2 is 0.694 bits per heavy atom. The van der Waals surface area contributed by atoms with Crippen LogP contribution in [-0.2, 0) is 0 Å². The van der Waals surface area contributed by atoms with Crippen molar-refractivity contribution in [3.05, 3.63) is 140 Å². The Labute approximate surface area is 211 Å². The smallest absolute Gasteiger partial charge is 0.153 e. The summed E-state index contributed by atoms with van der Waals surface area (Å²) >= 11 is 0. The van der Waals surface area contributed by atoms with Crippen molar-refractivity contribution >= 4 is 61.8 Å². The quantitative estimate of drug-likeness (QED) is 0.182. The molecular formula is C34H23OP. The van der Waals surface area contributed by atoms with Gasteiger partial charge in [-0.05, 0) is 67.4 Å². The van der Waals surface area contributed by atoms with Crippen molar-refractivity contribution < 1.29 is 4.52 Å². The fourth-order valence-electron chi connectivity index (χ4n) is 5.21. The summed E-state index contributed by atoms with van der Waals surface area (Å²) in [7, 11) is -1.23. The molecule has 7 aromatic rings. The summed E-state index contributed by atoms with van der Waals surface area (Å²) in [4.78, 5) is 0. The van der Waals surface area contributed by atoms with Gasteiger partial charge < -0.3 is 4.52 Å². The van der Waals surface area contributed by atoms with Crippen molar-refractivity contribution in [3.8, 4) is 5.75 Å². The van der Waals surface area contributed by atoms with Gasteiger partial charge in [0, 0.05) is 10.6 Å². The van der Waals surface area contributed by atoms with E-state index in [1.54, 1.807) is 0 Å². The summed E-state index contributed by atoms with van der Waals surface area (Å²) in [6.07, 6.45) is 0. The van der Waals surface area contributed by atoms with Crippen molar-refractivity contribution in [2.75, 3.05) is 0 Å². The van der Waals surface area contributed by atoms with Gasteiger partial charge in [0.15, 0.2) is 8.15 Å². The zero-order valence-corrected chi connectivity index (χ0v) is 20.5. The average Bonchev–Trinajstić information content (AvgIpc) is 2.94. The molecule has 0 aromatic heterocycles. The van der Waals surface area contributed by atoms with Gasteiger partial charge in [0.05, 0.1) is 0 Å². The van der Waals surface area contributed by atoms with E-state index < -0.39 is 8.15 Å². The summed E-state index contributed by atoms with van der Waals surface area (Å²) in [5.41, 5.74) is 0. The highest BCUT2D eigenvalue weighted by molar-refractivity contribution is 7.71. The lowest BCUT2D eigenvalue weighted by Gasteiger charge is -2.25. The van der Waals surface area contributed by atoms with Crippen molar-refractivity contribution in [2.45, 2.75) is 0 Å². The van der Waals surface area contributed by atoms with Gasteiger partial charge in [-0.25, -0.2) is 0 Å². The monoisotopic (exact) mass is 478 g/mol. The van der Waals surface area contributed by atoms with Gasteiger partial charge in [-0.1, -0.05) is 115 Å². The van der Waals surface area contributed by atoms with E-state index in [9.17, 15) is 0 Å². The lowest BCUT2D eigenvalue weighted by Crippen LogP contribution is -2.19. The molecule has 0 saturated carbocycles. The molecule has 2 heteroatoms. The molecule has 0 saturated heterocycles. The number of benzene rings is 7. The molecule has 0 aliphatic carbocycles. The van der Waals surface area contributed by atoms with Crippen LogP contribution in [0.2, 0.25) is 0 Å². The second-order valence-corrected chi connectivity index (χ2v) is 10.7. The number of para-hydroxylation sites is 1. The molecule has 7 rings (SSSR count). The van der Waals surface area contributed by atoms with E-state index in [1.165, 1.54) is 53.7 Å². The predicted octanol–water partition coefficient (Wildman–Crippen LogP) is 8.73. The molecule has 0 radical (unpaired) electrons. The van der Waals surface area contributed by atoms with Gasteiger partial charge in [0.1, 0.15) is 5.75 Å². The lowest BCUT2D eigenvalue weighted by molar-refractivity contribution is 0.630. The topological polar surface area (TPSA) is 9.23 Å². The molecule has 170 valence electrons. The van der Waals surface area contributed by atoms with Crippen LogP contribution in [0.4, 0.5) is 0 Å². The molecule has 7 aromatic carbocycles. The number of hydrogen-bond donors (Lipinski definition) is 0. The number of rotatable bonds is 4. The van der Waals surface area contributed by atoms with Crippen LogP contribution in [0.1, 0.15) is 0 Å². The first-order valence-corrected chi connectivity index (χ1v) is 13.5. The van der Waals surface area contributed by atoms with Crippen LogP contribution < -0.4 is 15.1 Å². The zero-order chi connectivity index (χ0) is 23.9. The highest BCUT2D eigenvalue weighted by Gasteiger charge is 2.26. The molecule has 36 heavy (non-hydrogen) atoms. The van der Waals surface area contributed by atoms with Crippen LogP contribution >= 0.6 is 8.15 Å². The van der Waals surface area contributed by atoms with Gasteiger partial charge in [-0.3, -0.25) is 0 Å². The minimum Gasteiger partial charge on any atom is -0.464 e. The van der Waals surface area contributed by atoms with Gasteiger partial charge in [-0.2, -0.15) is 0 Å². The molecule has 0 amide bonds. The van der Waals surface area contributed by atoms with Gasteiger partial charge in [-0.15, -0.1) is 0 Å². The maximum absolute atomic E-state index is 7.08. The standard InChI is InChI=1S/C34H23OP/c1-2-16-28(17-3-1)35-36(33-29-18-8-4-12-24(29)22-25-13-5-9-19-30(25)33)34-31-20-10-6-14-26(31)23-27-15-7-11-21-32(27)34/h1-23H. The van der Waals surface area contributed by atoms with Crippen LogP contribution in [0.25, 0.3) is 43.1 Å². The molecule has 0 aliphatic rings. The van der Waals surface area contributed by atoms with Crippen LogP contribution in [0.5, 0.6) is 5.75 Å². The Morgan fingerprint density at radius 1 is 0.361 bits per heavy atom. The first kappa shape index (κ1) is 21.1. The van der Waals surface area contributed by atoms with E-state index in [1.807, 2.05) is 18.2 Å². The third kappa shape index (κ3) is 3.52. The molecule has 0 atom stereocenters. The van der Waals surface area contributed by atoms with Gasteiger partial charge >= 0.3 is 0 Å². The van der Waals surface area contributed by atoms with E-state index >= 15 is 0 Å². The lowest BCUT2D eigenvalue weighted by atomic mass is 10.0. The largest absolute Gasteiger partial charge is 0.464 e. The van der Waals surface area contributed by atoms with E-state index in [2.05, 4.69) is 121 Å². The second-order valence-electron chi connectivity index (χ2n) is 9.03. The summed E-state index contributed by atoms with van der Waals surface area (Å²) in [5, 5.41) is 12.5. The number of hydrogen-bond acceptors (Lipinski definition) is 1. The molecule has 0 bridgehead atoms. The summed E-state index contributed by atoms with van der Waals surface area (Å²) in [5.74, 6) is 0.887. The highest BCUT2D eigenvalue weighted by Crippen LogP contribution is 2.45. The van der Waals surface area contributed by atoms with Gasteiger partial charge in [0.25, 0.3) is 0 Å². The van der Waals surface area contributed by atoms with Crippen molar-refractivity contribution in [1.82, 2.24) is 0 Å². The Kier molecular flexibility index (Phi) is 5.16. The predicted molar refractivity (Wildman–Crippen MR) is 156 cm³/mol. The van der Waals surface area contributed by atoms with Crippen LogP contribution in [0.3, 0.4) is 0 Å². The maximum atomic E-state index is 7.08. The van der Waals surface area contributed by atoms with Gasteiger partial charge in [0.2, 0.25) is 0 Å². The molecule has 0 spiro atoms. The normalized spacial score (nSPS) is 11.6. The molecule has 0 N–H and O–H groups in total. The van der Waals surface area contributed by atoms with E-state index in [-0.39, 0.29) is 0 Å². The highest BCUT2D eigenvalue weighted by atomic mass is 31.1. The second kappa shape index (κ2) is 8.79. The van der Waals surface area contributed by atoms with E-state index in [4.69, 9.17) is 4.52 Å². The van der Waals surface area contributed by atoms with Crippen molar-refractivity contribution in [3.63, 3.8) is 0 Å².